The molecule has 128 valence electrons. The third-order valence-electron chi connectivity index (χ3n) is 3.68. The van der Waals surface area contributed by atoms with Crippen molar-refractivity contribution in [2.24, 2.45) is 0 Å². The van der Waals surface area contributed by atoms with Crippen LogP contribution in [0, 0.1) is 6.92 Å². The third kappa shape index (κ3) is 4.16. The van der Waals surface area contributed by atoms with Crippen LogP contribution in [0.15, 0.2) is 48.5 Å². The molecule has 2 aromatic carbocycles. The molecule has 0 unspecified atom stereocenters. The molecule has 0 spiro atoms. The van der Waals surface area contributed by atoms with Gasteiger partial charge >= 0.3 is 5.97 Å². The summed E-state index contributed by atoms with van der Waals surface area (Å²) < 4.78 is 5.17. The highest BCUT2D eigenvalue weighted by Gasteiger charge is 2.16. The Morgan fingerprint density at radius 3 is 2.44 bits per heavy atom. The van der Waals surface area contributed by atoms with E-state index in [-0.39, 0.29) is 6.42 Å². The van der Waals surface area contributed by atoms with Gasteiger partial charge in [-0.25, -0.2) is 4.98 Å². The maximum atomic E-state index is 11.2. The molecule has 2 N–H and O–H groups in total. The number of hydrogen-bond donors (Lipinski definition) is 2. The van der Waals surface area contributed by atoms with Crippen LogP contribution < -0.4 is 10.1 Å². The Labute approximate surface area is 149 Å². The van der Waals surface area contributed by atoms with Gasteiger partial charge < -0.3 is 15.2 Å². The first kappa shape index (κ1) is 17.0. The Bertz CT molecular complexity index is 871. The number of carboxylic acid groups (broad SMARTS) is 1. The van der Waals surface area contributed by atoms with Crippen molar-refractivity contribution in [3.8, 4) is 17.0 Å². The summed E-state index contributed by atoms with van der Waals surface area (Å²) in [6, 6.07) is 15.4. The second-order valence-electron chi connectivity index (χ2n) is 5.58. The van der Waals surface area contributed by atoms with Crippen molar-refractivity contribution in [2.75, 3.05) is 12.4 Å². The molecular weight excluding hydrogens is 336 g/mol. The molecule has 0 aliphatic rings. The summed E-state index contributed by atoms with van der Waals surface area (Å²) in [5.41, 5.74) is 3.65. The maximum absolute atomic E-state index is 11.2. The zero-order valence-electron chi connectivity index (χ0n) is 13.9. The molecule has 0 saturated heterocycles. The van der Waals surface area contributed by atoms with E-state index in [4.69, 9.17) is 4.74 Å². The Kier molecular flexibility index (Phi) is 5.00. The van der Waals surface area contributed by atoms with Crippen LogP contribution in [0.25, 0.3) is 11.3 Å². The number of carboxylic acids is 1. The predicted molar refractivity (Wildman–Crippen MR) is 99.9 cm³/mol. The molecule has 0 atom stereocenters. The van der Waals surface area contributed by atoms with Gasteiger partial charge in [0.05, 0.1) is 19.2 Å². The van der Waals surface area contributed by atoms with Crippen molar-refractivity contribution < 1.29 is 14.6 Å². The highest BCUT2D eigenvalue weighted by Crippen LogP contribution is 2.34. The number of ether oxygens (including phenoxy) is 1. The summed E-state index contributed by atoms with van der Waals surface area (Å²) >= 11 is 1.36. The summed E-state index contributed by atoms with van der Waals surface area (Å²) in [6.07, 6.45) is -0.0609. The number of aliphatic carboxylic acids is 1. The quantitative estimate of drug-likeness (QED) is 0.682. The number of aryl methyl sites for hydroxylation is 1. The highest BCUT2D eigenvalue weighted by atomic mass is 32.1. The standard InChI is InChI=1S/C19H18N2O3S/c1-12-3-7-14(8-4-12)20-19-21-18(16(25-19)11-17(22)23)13-5-9-15(24-2)10-6-13/h3-10H,11H2,1-2H3,(H,20,21)(H,22,23). The van der Waals surface area contributed by atoms with Gasteiger partial charge in [0.1, 0.15) is 5.75 Å². The largest absolute Gasteiger partial charge is 0.497 e. The van der Waals surface area contributed by atoms with Crippen molar-refractivity contribution in [3.63, 3.8) is 0 Å². The molecule has 6 heteroatoms. The molecule has 3 rings (SSSR count). The van der Waals surface area contributed by atoms with Gasteiger partial charge in [-0.05, 0) is 43.3 Å². The van der Waals surface area contributed by atoms with E-state index in [1.165, 1.54) is 16.9 Å². The molecule has 5 nitrogen and oxygen atoms in total. The molecule has 0 aliphatic heterocycles. The number of hydrogen-bond acceptors (Lipinski definition) is 5. The van der Waals surface area contributed by atoms with Crippen molar-refractivity contribution >= 4 is 28.1 Å². The SMILES string of the molecule is COc1ccc(-c2nc(Nc3ccc(C)cc3)sc2CC(=O)O)cc1. The summed E-state index contributed by atoms with van der Waals surface area (Å²) in [7, 11) is 1.61. The van der Waals surface area contributed by atoms with Crippen LogP contribution in [0.3, 0.4) is 0 Å². The highest BCUT2D eigenvalue weighted by molar-refractivity contribution is 7.16. The minimum Gasteiger partial charge on any atom is -0.497 e. The first-order valence-corrected chi connectivity index (χ1v) is 8.56. The topological polar surface area (TPSA) is 71.5 Å². The number of methoxy groups -OCH3 is 1. The first-order chi connectivity index (χ1) is 12.0. The summed E-state index contributed by atoms with van der Waals surface area (Å²) in [6.45, 7) is 2.03. The van der Waals surface area contributed by atoms with Gasteiger partial charge in [-0.2, -0.15) is 0 Å². The van der Waals surface area contributed by atoms with Gasteiger partial charge in [-0.1, -0.05) is 17.7 Å². The Morgan fingerprint density at radius 2 is 1.84 bits per heavy atom. The summed E-state index contributed by atoms with van der Waals surface area (Å²) in [4.78, 5) is 16.5. The molecule has 1 heterocycles. The van der Waals surface area contributed by atoms with Crippen LogP contribution >= 0.6 is 11.3 Å². The lowest BCUT2D eigenvalue weighted by Gasteiger charge is -2.03. The summed E-state index contributed by atoms with van der Waals surface area (Å²) in [5.74, 6) is -0.128. The van der Waals surface area contributed by atoms with E-state index in [0.717, 1.165) is 17.0 Å². The Balaban J connectivity index is 1.93. The number of thiazole rings is 1. The van der Waals surface area contributed by atoms with E-state index >= 15 is 0 Å². The molecular formula is C19H18N2O3S. The van der Waals surface area contributed by atoms with Crippen LogP contribution in [0.5, 0.6) is 5.75 Å². The number of anilines is 2. The van der Waals surface area contributed by atoms with Gasteiger partial charge in [0, 0.05) is 16.1 Å². The summed E-state index contributed by atoms with van der Waals surface area (Å²) in [5, 5.41) is 13.1. The zero-order valence-corrected chi connectivity index (χ0v) is 14.8. The van der Waals surface area contributed by atoms with Crippen molar-refractivity contribution in [3.05, 3.63) is 59.0 Å². The van der Waals surface area contributed by atoms with Crippen LogP contribution in [-0.4, -0.2) is 23.2 Å². The number of benzene rings is 2. The molecule has 0 saturated carbocycles. The lowest BCUT2D eigenvalue weighted by atomic mass is 10.1. The lowest BCUT2D eigenvalue weighted by molar-refractivity contribution is -0.136. The predicted octanol–water partition coefficient (Wildman–Crippen LogP) is 4.50. The average Bonchev–Trinajstić information content (AvgIpc) is 2.98. The number of carbonyl (C=O) groups is 1. The minimum absolute atomic E-state index is 0.0609. The third-order valence-corrected chi connectivity index (χ3v) is 4.65. The molecule has 0 radical (unpaired) electrons. The van der Waals surface area contributed by atoms with E-state index in [0.29, 0.717) is 15.7 Å². The van der Waals surface area contributed by atoms with Crippen LogP contribution in [0.1, 0.15) is 10.4 Å². The number of nitrogens with one attached hydrogen (secondary N) is 1. The zero-order chi connectivity index (χ0) is 17.8. The van der Waals surface area contributed by atoms with E-state index in [2.05, 4.69) is 10.3 Å². The second kappa shape index (κ2) is 7.36. The Morgan fingerprint density at radius 1 is 1.16 bits per heavy atom. The van der Waals surface area contributed by atoms with E-state index in [9.17, 15) is 9.90 Å². The fourth-order valence-corrected chi connectivity index (χ4v) is 3.39. The molecule has 0 amide bonds. The Hall–Kier alpha value is -2.86. The van der Waals surface area contributed by atoms with Crippen LogP contribution in [-0.2, 0) is 11.2 Å². The molecule has 1 aromatic heterocycles. The molecule has 0 aliphatic carbocycles. The molecule has 0 fully saturated rings. The van der Waals surface area contributed by atoms with Crippen molar-refractivity contribution in [2.45, 2.75) is 13.3 Å². The average molecular weight is 354 g/mol. The van der Waals surface area contributed by atoms with Gasteiger partial charge in [0.25, 0.3) is 0 Å². The van der Waals surface area contributed by atoms with Gasteiger partial charge in [-0.15, -0.1) is 11.3 Å². The molecule has 25 heavy (non-hydrogen) atoms. The molecule has 0 bridgehead atoms. The monoisotopic (exact) mass is 354 g/mol. The first-order valence-electron chi connectivity index (χ1n) is 7.75. The normalized spacial score (nSPS) is 10.5. The van der Waals surface area contributed by atoms with Crippen molar-refractivity contribution in [1.29, 1.82) is 0 Å². The van der Waals surface area contributed by atoms with E-state index in [1.807, 2.05) is 55.5 Å². The van der Waals surface area contributed by atoms with Crippen LogP contribution in [0.2, 0.25) is 0 Å². The lowest BCUT2D eigenvalue weighted by Crippen LogP contribution is -1.99. The minimum atomic E-state index is -0.875. The molecule has 3 aromatic rings. The number of nitrogens with zero attached hydrogens (tertiary/aromatic N) is 1. The van der Waals surface area contributed by atoms with Crippen LogP contribution in [0.4, 0.5) is 10.8 Å². The smallest absolute Gasteiger partial charge is 0.308 e. The second-order valence-corrected chi connectivity index (χ2v) is 6.66. The van der Waals surface area contributed by atoms with E-state index in [1.54, 1.807) is 7.11 Å². The maximum Gasteiger partial charge on any atom is 0.308 e. The fraction of sp³-hybridized carbons (Fsp3) is 0.158. The van der Waals surface area contributed by atoms with Gasteiger partial charge in [0.2, 0.25) is 0 Å². The number of rotatable bonds is 6. The van der Waals surface area contributed by atoms with Gasteiger partial charge in [0.15, 0.2) is 5.13 Å². The van der Waals surface area contributed by atoms with Crippen molar-refractivity contribution in [1.82, 2.24) is 4.98 Å². The fourth-order valence-electron chi connectivity index (χ4n) is 2.40. The van der Waals surface area contributed by atoms with Gasteiger partial charge in [-0.3, -0.25) is 4.79 Å². The number of aromatic nitrogens is 1. The van der Waals surface area contributed by atoms with E-state index < -0.39 is 5.97 Å².